The summed E-state index contributed by atoms with van der Waals surface area (Å²) in [6.45, 7) is 4.96. The molecule has 1 aromatic heterocycles. The van der Waals surface area contributed by atoms with Crippen molar-refractivity contribution in [3.8, 4) is 11.4 Å². The van der Waals surface area contributed by atoms with Crippen molar-refractivity contribution in [2.24, 2.45) is 0 Å². The van der Waals surface area contributed by atoms with Crippen molar-refractivity contribution < 1.29 is 19.4 Å². The van der Waals surface area contributed by atoms with Crippen LogP contribution in [0.2, 0.25) is 0 Å². The maximum Gasteiger partial charge on any atom is 0.278 e. The number of hydrogen-bond donors (Lipinski definition) is 2. The highest BCUT2D eigenvalue weighted by atomic mass is 19.1. The molecule has 2 rings (SSSR count). The minimum atomic E-state index is -1.06. The van der Waals surface area contributed by atoms with Crippen molar-refractivity contribution in [3.05, 3.63) is 41.5 Å². The molecule has 7 heteroatoms. The Morgan fingerprint density at radius 3 is 2.65 bits per heavy atom. The first-order valence-electron chi connectivity index (χ1n) is 7.11. The molecule has 0 aliphatic rings. The number of aromatic nitrogens is 2. The molecule has 2 aromatic rings. The molecule has 0 atom stereocenters. The Kier molecular flexibility index (Phi) is 4.42. The van der Waals surface area contributed by atoms with E-state index in [1.54, 1.807) is 20.8 Å². The molecular weight excluding hydrogens is 301 g/mol. The van der Waals surface area contributed by atoms with E-state index in [9.17, 15) is 19.4 Å². The van der Waals surface area contributed by atoms with Gasteiger partial charge < -0.3 is 15.1 Å². The Balaban J connectivity index is 2.32. The maximum absolute atomic E-state index is 13.2. The third-order valence-electron chi connectivity index (χ3n) is 3.27. The van der Waals surface area contributed by atoms with Gasteiger partial charge in [0.05, 0.1) is 17.5 Å². The number of halogens is 1. The molecule has 1 amide bonds. The number of hydrogen-bond acceptors (Lipinski definition) is 4. The number of rotatable bonds is 4. The second-order valence-electron chi connectivity index (χ2n) is 6.21. The lowest BCUT2D eigenvalue weighted by molar-refractivity contribution is 0.0363. The van der Waals surface area contributed by atoms with E-state index < -0.39 is 11.5 Å². The number of benzene rings is 1. The normalized spacial score (nSPS) is 11.6. The predicted molar refractivity (Wildman–Crippen MR) is 83.2 cm³/mol. The Labute approximate surface area is 133 Å². The minimum Gasteiger partial charge on any atom is -0.504 e. The molecule has 0 aliphatic heterocycles. The molecular formula is C16H20FN3O3. The van der Waals surface area contributed by atoms with E-state index in [-0.39, 0.29) is 23.8 Å². The molecule has 0 radical (unpaired) electrons. The van der Waals surface area contributed by atoms with Gasteiger partial charge in [0.15, 0.2) is 11.4 Å². The summed E-state index contributed by atoms with van der Waals surface area (Å²) in [7, 11) is 1.52. The van der Waals surface area contributed by atoms with Gasteiger partial charge in [-0.25, -0.2) is 9.07 Å². The lowest BCUT2D eigenvalue weighted by atomic mass is 10.1. The molecule has 0 aliphatic carbocycles. The van der Waals surface area contributed by atoms with Crippen molar-refractivity contribution in [3.63, 3.8) is 0 Å². The summed E-state index contributed by atoms with van der Waals surface area (Å²) in [6, 6.07) is 4.14. The number of nitrogens with zero attached hydrogens (tertiary/aromatic N) is 3. The monoisotopic (exact) mass is 321 g/mol. The summed E-state index contributed by atoms with van der Waals surface area (Å²) < 4.78 is 14.5. The number of carbonyl (C=O) groups is 1. The second-order valence-corrected chi connectivity index (χ2v) is 6.21. The Bertz CT molecular complexity index is 735. The molecule has 0 fully saturated rings. The molecule has 0 bridgehead atoms. The Hall–Kier alpha value is -2.41. The lowest BCUT2D eigenvalue weighted by Gasteiger charge is -2.24. The van der Waals surface area contributed by atoms with Gasteiger partial charge in [-0.3, -0.25) is 4.79 Å². The van der Waals surface area contributed by atoms with E-state index in [1.807, 2.05) is 0 Å². The van der Waals surface area contributed by atoms with Crippen molar-refractivity contribution >= 4 is 5.91 Å². The van der Waals surface area contributed by atoms with Crippen LogP contribution in [0.25, 0.3) is 5.69 Å². The van der Waals surface area contributed by atoms with E-state index in [0.717, 1.165) is 0 Å². The fraction of sp³-hybridized carbons (Fsp3) is 0.375. The van der Waals surface area contributed by atoms with Gasteiger partial charge in [-0.2, -0.15) is 5.10 Å². The first kappa shape index (κ1) is 17.0. The van der Waals surface area contributed by atoms with Crippen molar-refractivity contribution in [2.45, 2.75) is 26.4 Å². The third kappa shape index (κ3) is 3.87. The van der Waals surface area contributed by atoms with E-state index in [1.165, 1.54) is 41.0 Å². The number of carbonyl (C=O) groups excluding carboxylic acids is 1. The molecule has 23 heavy (non-hydrogen) atoms. The van der Waals surface area contributed by atoms with Crippen molar-refractivity contribution in [1.29, 1.82) is 0 Å². The van der Waals surface area contributed by atoms with Gasteiger partial charge >= 0.3 is 0 Å². The molecule has 0 saturated heterocycles. The quantitative estimate of drug-likeness (QED) is 0.901. The second kappa shape index (κ2) is 6.00. The van der Waals surface area contributed by atoms with Gasteiger partial charge in [0.1, 0.15) is 5.82 Å². The van der Waals surface area contributed by atoms with Gasteiger partial charge in [0.25, 0.3) is 5.91 Å². The highest BCUT2D eigenvalue weighted by molar-refractivity contribution is 5.94. The van der Waals surface area contributed by atoms with Crippen LogP contribution in [-0.2, 0) is 0 Å². The van der Waals surface area contributed by atoms with Crippen LogP contribution < -0.4 is 0 Å². The van der Waals surface area contributed by atoms with Crippen LogP contribution >= 0.6 is 0 Å². The Morgan fingerprint density at radius 1 is 1.43 bits per heavy atom. The van der Waals surface area contributed by atoms with Crippen LogP contribution in [0.15, 0.2) is 24.4 Å². The highest BCUT2D eigenvalue weighted by Crippen LogP contribution is 2.22. The average molecular weight is 321 g/mol. The third-order valence-corrected chi connectivity index (χ3v) is 3.27. The van der Waals surface area contributed by atoms with Crippen LogP contribution in [0, 0.1) is 12.7 Å². The van der Waals surface area contributed by atoms with Crippen molar-refractivity contribution in [2.75, 3.05) is 13.6 Å². The van der Waals surface area contributed by atoms with E-state index in [4.69, 9.17) is 0 Å². The number of aromatic hydroxyl groups is 1. The van der Waals surface area contributed by atoms with E-state index in [2.05, 4.69) is 5.10 Å². The standard InChI is InChI=1S/C16H20FN3O3/c1-10-7-11(17)5-6-12(10)20-8-13(21)14(18-20)15(22)19(4)9-16(2,3)23/h5-8,21,23H,9H2,1-4H3. The summed E-state index contributed by atoms with van der Waals surface area (Å²) in [4.78, 5) is 13.6. The van der Waals surface area contributed by atoms with Crippen LogP contribution in [0.5, 0.6) is 5.75 Å². The van der Waals surface area contributed by atoms with Crippen LogP contribution in [0.1, 0.15) is 29.9 Å². The summed E-state index contributed by atoms with van der Waals surface area (Å²) >= 11 is 0. The van der Waals surface area contributed by atoms with Crippen LogP contribution in [-0.4, -0.2) is 50.0 Å². The first-order valence-corrected chi connectivity index (χ1v) is 7.11. The largest absolute Gasteiger partial charge is 0.504 e. The number of aryl methyl sites for hydroxylation is 1. The summed E-state index contributed by atoms with van der Waals surface area (Å²) in [5.41, 5.74) is -0.00132. The SMILES string of the molecule is Cc1cc(F)ccc1-n1cc(O)c(C(=O)N(C)CC(C)(C)O)n1. The number of amides is 1. The van der Waals surface area contributed by atoms with Crippen molar-refractivity contribution in [1.82, 2.24) is 14.7 Å². The smallest absolute Gasteiger partial charge is 0.278 e. The molecule has 0 spiro atoms. The first-order chi connectivity index (χ1) is 10.6. The average Bonchev–Trinajstić information content (AvgIpc) is 2.77. The maximum atomic E-state index is 13.2. The van der Waals surface area contributed by atoms with E-state index in [0.29, 0.717) is 11.3 Å². The van der Waals surface area contributed by atoms with Crippen LogP contribution in [0.3, 0.4) is 0 Å². The Morgan fingerprint density at radius 2 is 2.09 bits per heavy atom. The molecule has 1 heterocycles. The zero-order chi connectivity index (χ0) is 17.4. The zero-order valence-corrected chi connectivity index (χ0v) is 13.5. The fourth-order valence-electron chi connectivity index (χ4n) is 2.35. The summed E-state index contributed by atoms with van der Waals surface area (Å²) in [5.74, 6) is -1.16. The lowest BCUT2D eigenvalue weighted by Crippen LogP contribution is -2.39. The highest BCUT2D eigenvalue weighted by Gasteiger charge is 2.25. The van der Waals surface area contributed by atoms with Crippen LogP contribution in [0.4, 0.5) is 4.39 Å². The van der Waals surface area contributed by atoms with Gasteiger partial charge in [-0.05, 0) is 44.5 Å². The van der Waals surface area contributed by atoms with Gasteiger partial charge in [-0.1, -0.05) is 0 Å². The predicted octanol–water partition coefficient (Wildman–Crippen LogP) is 1.87. The van der Waals surface area contributed by atoms with E-state index >= 15 is 0 Å². The molecule has 0 saturated carbocycles. The topological polar surface area (TPSA) is 78.6 Å². The zero-order valence-electron chi connectivity index (χ0n) is 13.5. The summed E-state index contributed by atoms with van der Waals surface area (Å²) in [6.07, 6.45) is 1.30. The minimum absolute atomic E-state index is 0.0910. The molecule has 6 nitrogen and oxygen atoms in total. The van der Waals surface area contributed by atoms with Gasteiger partial charge in [0, 0.05) is 13.6 Å². The fourth-order valence-corrected chi connectivity index (χ4v) is 2.35. The number of likely N-dealkylation sites (N-methyl/N-ethyl adjacent to an activating group) is 1. The molecule has 2 N–H and O–H groups in total. The molecule has 0 unspecified atom stereocenters. The molecule has 124 valence electrons. The molecule has 1 aromatic carbocycles. The summed E-state index contributed by atoms with van der Waals surface area (Å²) in [5, 5.41) is 23.9. The van der Waals surface area contributed by atoms with Gasteiger partial charge in [0.2, 0.25) is 0 Å². The number of aliphatic hydroxyl groups is 1. The van der Waals surface area contributed by atoms with Gasteiger partial charge in [-0.15, -0.1) is 0 Å².